The first-order chi connectivity index (χ1) is 12.3. The van der Waals surface area contributed by atoms with Crippen LogP contribution in [-0.2, 0) is 0 Å². The van der Waals surface area contributed by atoms with Crippen molar-refractivity contribution < 1.29 is 4.74 Å². The molecule has 0 aliphatic heterocycles. The molecule has 1 unspecified atom stereocenters. The van der Waals surface area contributed by atoms with Crippen LogP contribution in [0, 0.1) is 10.8 Å². The van der Waals surface area contributed by atoms with Crippen LogP contribution >= 0.6 is 0 Å². The van der Waals surface area contributed by atoms with Crippen LogP contribution < -0.4 is 4.74 Å². The van der Waals surface area contributed by atoms with Gasteiger partial charge in [0.2, 0.25) is 0 Å². The summed E-state index contributed by atoms with van der Waals surface area (Å²) in [4.78, 5) is 0. The Morgan fingerprint density at radius 3 is 1.74 bits per heavy atom. The molecule has 0 aromatic heterocycles. The molecule has 0 saturated heterocycles. The first kappa shape index (κ1) is 23.5. The zero-order valence-corrected chi connectivity index (χ0v) is 19.7. The minimum absolute atomic E-state index is 0.195. The SMILES string of the molecule is CC.CC(C)(C)CC(c1cccc2c(OC(C)(C)C)cccc12)C(C)(C)C. The van der Waals surface area contributed by atoms with E-state index in [-0.39, 0.29) is 11.0 Å². The van der Waals surface area contributed by atoms with E-state index in [4.69, 9.17) is 4.74 Å². The Hall–Kier alpha value is -1.50. The van der Waals surface area contributed by atoms with Crippen molar-refractivity contribution in [2.75, 3.05) is 0 Å². The van der Waals surface area contributed by atoms with E-state index >= 15 is 0 Å². The van der Waals surface area contributed by atoms with Crippen molar-refractivity contribution in [2.24, 2.45) is 10.8 Å². The van der Waals surface area contributed by atoms with Gasteiger partial charge in [-0.3, -0.25) is 0 Å². The molecule has 0 bridgehead atoms. The summed E-state index contributed by atoms with van der Waals surface area (Å²) in [5.41, 5.74) is 1.75. The Balaban J connectivity index is 0.00000176. The zero-order valence-electron chi connectivity index (χ0n) is 19.7. The molecule has 0 aliphatic rings. The van der Waals surface area contributed by atoms with Crippen LogP contribution in [0.5, 0.6) is 5.75 Å². The Morgan fingerprint density at radius 1 is 0.741 bits per heavy atom. The smallest absolute Gasteiger partial charge is 0.127 e. The van der Waals surface area contributed by atoms with Gasteiger partial charge >= 0.3 is 0 Å². The standard InChI is InChI=1S/C24H36O.C2H6/c1-22(2,3)16-20(23(4,5)6)18-13-10-14-19-17(18)12-11-15-21(19)25-24(7,8)9;1-2/h10-15,20H,16H2,1-9H3;1-2H3. The molecule has 27 heavy (non-hydrogen) atoms. The van der Waals surface area contributed by atoms with Crippen LogP contribution in [0.15, 0.2) is 36.4 Å². The van der Waals surface area contributed by atoms with Gasteiger partial charge in [-0.25, -0.2) is 0 Å². The second-order valence-electron chi connectivity index (χ2n) is 10.6. The molecule has 0 amide bonds. The maximum Gasteiger partial charge on any atom is 0.127 e. The fraction of sp³-hybridized carbons (Fsp3) is 0.615. The molecule has 0 radical (unpaired) electrons. The number of hydrogen-bond acceptors (Lipinski definition) is 1. The normalized spacial score (nSPS) is 13.7. The lowest BCUT2D eigenvalue weighted by Crippen LogP contribution is -2.24. The zero-order chi connectivity index (χ0) is 21.0. The molecule has 0 aliphatic carbocycles. The van der Waals surface area contributed by atoms with Crippen molar-refractivity contribution in [3.05, 3.63) is 42.0 Å². The molecule has 0 fully saturated rings. The van der Waals surface area contributed by atoms with Gasteiger partial charge in [-0.05, 0) is 61.0 Å². The van der Waals surface area contributed by atoms with Gasteiger partial charge in [0.1, 0.15) is 11.4 Å². The summed E-state index contributed by atoms with van der Waals surface area (Å²) in [6, 6.07) is 13.2. The third-order valence-corrected chi connectivity index (χ3v) is 4.57. The lowest BCUT2D eigenvalue weighted by atomic mass is 9.68. The van der Waals surface area contributed by atoms with Gasteiger partial charge in [-0.15, -0.1) is 0 Å². The highest BCUT2D eigenvalue weighted by molar-refractivity contribution is 5.91. The van der Waals surface area contributed by atoms with Crippen molar-refractivity contribution >= 4 is 10.8 Å². The molecular formula is C26H42O. The fourth-order valence-electron chi connectivity index (χ4n) is 3.52. The number of hydrogen-bond donors (Lipinski definition) is 0. The average molecular weight is 371 g/mol. The van der Waals surface area contributed by atoms with Crippen molar-refractivity contribution in [1.29, 1.82) is 0 Å². The van der Waals surface area contributed by atoms with Gasteiger partial charge < -0.3 is 4.74 Å². The van der Waals surface area contributed by atoms with Gasteiger partial charge in [0, 0.05) is 5.39 Å². The Kier molecular flexibility index (Phi) is 7.56. The molecule has 0 spiro atoms. The van der Waals surface area contributed by atoms with E-state index in [2.05, 4.69) is 98.7 Å². The predicted molar refractivity (Wildman–Crippen MR) is 122 cm³/mol. The van der Waals surface area contributed by atoms with Gasteiger partial charge in [0.05, 0.1) is 0 Å². The predicted octanol–water partition coefficient (Wildman–Crippen LogP) is 8.61. The van der Waals surface area contributed by atoms with E-state index in [1.54, 1.807) is 0 Å². The van der Waals surface area contributed by atoms with Gasteiger partial charge in [0.25, 0.3) is 0 Å². The highest BCUT2D eigenvalue weighted by Crippen LogP contribution is 2.46. The summed E-state index contributed by atoms with van der Waals surface area (Å²) >= 11 is 0. The van der Waals surface area contributed by atoms with Crippen molar-refractivity contribution in [3.8, 4) is 5.75 Å². The van der Waals surface area contributed by atoms with Crippen LogP contribution in [0.1, 0.15) is 94.1 Å². The van der Waals surface area contributed by atoms with Crippen molar-refractivity contribution in [2.45, 2.75) is 94.1 Å². The van der Waals surface area contributed by atoms with Crippen LogP contribution in [0.3, 0.4) is 0 Å². The number of ether oxygens (including phenoxy) is 1. The summed E-state index contributed by atoms with van der Waals surface area (Å²) in [7, 11) is 0. The number of fused-ring (bicyclic) bond motifs is 1. The minimum Gasteiger partial charge on any atom is -0.488 e. The molecule has 0 heterocycles. The molecule has 1 nitrogen and oxygen atoms in total. The first-order valence-electron chi connectivity index (χ1n) is 10.5. The molecule has 2 aromatic rings. The van der Waals surface area contributed by atoms with Crippen LogP contribution in [0.25, 0.3) is 10.8 Å². The highest BCUT2D eigenvalue weighted by atomic mass is 16.5. The van der Waals surface area contributed by atoms with Crippen molar-refractivity contribution in [3.63, 3.8) is 0 Å². The average Bonchev–Trinajstić information content (AvgIpc) is 2.51. The lowest BCUT2D eigenvalue weighted by molar-refractivity contribution is 0.133. The van der Waals surface area contributed by atoms with Crippen LogP contribution in [-0.4, -0.2) is 5.60 Å². The number of benzene rings is 2. The summed E-state index contributed by atoms with van der Waals surface area (Å²) in [6.07, 6.45) is 1.17. The quantitative estimate of drug-likeness (QED) is 0.525. The molecule has 0 saturated carbocycles. The van der Waals surface area contributed by atoms with Gasteiger partial charge in [0.15, 0.2) is 0 Å². The Labute approximate surface area is 168 Å². The largest absolute Gasteiger partial charge is 0.488 e. The van der Waals surface area contributed by atoms with E-state index in [0.717, 1.165) is 5.75 Å². The van der Waals surface area contributed by atoms with Crippen LogP contribution in [0.4, 0.5) is 0 Å². The molecule has 152 valence electrons. The summed E-state index contributed by atoms with van der Waals surface area (Å²) in [5.74, 6) is 1.48. The maximum absolute atomic E-state index is 6.24. The van der Waals surface area contributed by atoms with E-state index in [9.17, 15) is 0 Å². The lowest BCUT2D eigenvalue weighted by Gasteiger charge is -2.37. The first-order valence-corrected chi connectivity index (χ1v) is 10.5. The summed E-state index contributed by atoms with van der Waals surface area (Å²) in [5, 5.41) is 2.55. The molecule has 2 aromatic carbocycles. The minimum atomic E-state index is -0.195. The molecule has 1 heteroatoms. The van der Waals surface area contributed by atoms with E-state index < -0.39 is 0 Å². The highest BCUT2D eigenvalue weighted by Gasteiger charge is 2.31. The van der Waals surface area contributed by atoms with E-state index in [1.807, 2.05) is 13.8 Å². The molecular weight excluding hydrogens is 328 g/mol. The Bertz CT molecular complexity index is 720. The van der Waals surface area contributed by atoms with E-state index in [1.165, 1.54) is 22.8 Å². The van der Waals surface area contributed by atoms with Crippen molar-refractivity contribution in [1.82, 2.24) is 0 Å². The fourth-order valence-corrected chi connectivity index (χ4v) is 3.52. The third kappa shape index (κ3) is 6.87. The second-order valence-corrected chi connectivity index (χ2v) is 10.6. The topological polar surface area (TPSA) is 9.23 Å². The third-order valence-electron chi connectivity index (χ3n) is 4.57. The monoisotopic (exact) mass is 370 g/mol. The van der Waals surface area contributed by atoms with E-state index in [0.29, 0.717) is 11.3 Å². The molecule has 2 rings (SSSR count). The molecule has 0 N–H and O–H groups in total. The summed E-state index contributed by atoms with van der Waals surface area (Å²) in [6.45, 7) is 24.4. The second kappa shape index (κ2) is 8.67. The summed E-state index contributed by atoms with van der Waals surface area (Å²) < 4.78 is 6.24. The molecule has 1 atom stereocenters. The van der Waals surface area contributed by atoms with Gasteiger partial charge in [-0.1, -0.05) is 85.7 Å². The Morgan fingerprint density at radius 2 is 1.26 bits per heavy atom. The maximum atomic E-state index is 6.24. The van der Waals surface area contributed by atoms with Gasteiger partial charge in [-0.2, -0.15) is 0 Å². The van der Waals surface area contributed by atoms with Crippen LogP contribution in [0.2, 0.25) is 0 Å². The number of rotatable bonds is 3.